The monoisotopic (exact) mass is 333 g/mol. The lowest BCUT2D eigenvalue weighted by Crippen LogP contribution is -2.03. The summed E-state index contributed by atoms with van der Waals surface area (Å²) in [5.41, 5.74) is 3.87. The van der Waals surface area contributed by atoms with Crippen molar-refractivity contribution in [2.45, 2.75) is 5.92 Å². The molecule has 0 heterocycles. The van der Waals surface area contributed by atoms with E-state index in [9.17, 15) is 0 Å². The van der Waals surface area contributed by atoms with Crippen LogP contribution in [0.1, 0.15) is 22.6 Å². The van der Waals surface area contributed by atoms with Crippen LogP contribution in [0.15, 0.2) is 84.9 Å². The highest BCUT2D eigenvalue weighted by molar-refractivity contribution is 5.44. The molecular formula is C23H27NO. The first-order chi connectivity index (χ1) is 12.1. The number of benzene rings is 3. The van der Waals surface area contributed by atoms with E-state index in [0.717, 1.165) is 5.75 Å². The fraction of sp³-hybridized carbons (Fsp3) is 0.217. The molecule has 0 saturated heterocycles. The third kappa shape index (κ3) is 5.77. The number of hydrogen-bond donors (Lipinski definition) is 0. The molecule has 0 fully saturated rings. The van der Waals surface area contributed by atoms with E-state index in [4.69, 9.17) is 4.74 Å². The minimum Gasteiger partial charge on any atom is -0.497 e. The van der Waals surface area contributed by atoms with Gasteiger partial charge in [-0.05, 0) is 50.0 Å². The van der Waals surface area contributed by atoms with Crippen molar-refractivity contribution in [3.05, 3.63) is 102 Å². The van der Waals surface area contributed by atoms with Crippen LogP contribution in [0.4, 0.5) is 0 Å². The standard InChI is InChI=1S/C20H18O.C3H9N/c1-21-19-14-12-18(13-15-19)20(16-8-4-2-5-9-16)17-10-6-3-7-11-17;1-4(2)3/h2-15,20H,1H3;1-3H3. The SMILES string of the molecule is CN(C)C.COc1ccc(C(c2ccccc2)c2ccccc2)cc1. The first-order valence-corrected chi connectivity index (χ1v) is 8.46. The summed E-state index contributed by atoms with van der Waals surface area (Å²) in [6.07, 6.45) is 0. The Morgan fingerprint density at radius 3 is 1.32 bits per heavy atom. The van der Waals surface area contributed by atoms with E-state index in [-0.39, 0.29) is 5.92 Å². The Morgan fingerprint density at radius 1 is 0.600 bits per heavy atom. The molecule has 0 aliphatic heterocycles. The number of hydrogen-bond acceptors (Lipinski definition) is 2. The maximum atomic E-state index is 5.26. The highest BCUT2D eigenvalue weighted by atomic mass is 16.5. The van der Waals surface area contributed by atoms with Crippen LogP contribution < -0.4 is 4.74 Å². The summed E-state index contributed by atoms with van der Waals surface area (Å²) in [7, 11) is 7.70. The Labute approximate surface area is 151 Å². The average Bonchev–Trinajstić information content (AvgIpc) is 2.64. The molecular weight excluding hydrogens is 306 g/mol. The molecule has 3 aromatic rings. The minimum absolute atomic E-state index is 0.248. The summed E-state index contributed by atoms with van der Waals surface area (Å²) in [6, 6.07) is 29.5. The van der Waals surface area contributed by atoms with Gasteiger partial charge in [-0.15, -0.1) is 0 Å². The largest absolute Gasteiger partial charge is 0.497 e. The summed E-state index contributed by atoms with van der Waals surface area (Å²) in [4.78, 5) is 2.00. The van der Waals surface area contributed by atoms with Crippen LogP contribution in [-0.4, -0.2) is 33.2 Å². The van der Waals surface area contributed by atoms with Crippen molar-refractivity contribution in [2.24, 2.45) is 0 Å². The van der Waals surface area contributed by atoms with E-state index in [0.29, 0.717) is 0 Å². The molecule has 0 aromatic heterocycles. The Morgan fingerprint density at radius 2 is 0.960 bits per heavy atom. The van der Waals surface area contributed by atoms with E-state index < -0.39 is 0 Å². The molecule has 0 amide bonds. The molecule has 3 aromatic carbocycles. The smallest absolute Gasteiger partial charge is 0.118 e. The molecule has 3 rings (SSSR count). The molecule has 2 heteroatoms. The maximum Gasteiger partial charge on any atom is 0.118 e. The molecule has 25 heavy (non-hydrogen) atoms. The van der Waals surface area contributed by atoms with Crippen molar-refractivity contribution in [3.63, 3.8) is 0 Å². The molecule has 0 unspecified atom stereocenters. The van der Waals surface area contributed by atoms with Crippen LogP contribution in [-0.2, 0) is 0 Å². The highest BCUT2D eigenvalue weighted by Crippen LogP contribution is 2.32. The Bertz CT molecular complexity index is 679. The van der Waals surface area contributed by atoms with Crippen molar-refractivity contribution >= 4 is 0 Å². The molecule has 0 N–H and O–H groups in total. The fourth-order valence-corrected chi connectivity index (χ4v) is 2.66. The van der Waals surface area contributed by atoms with Crippen LogP contribution in [0.5, 0.6) is 5.75 Å². The summed E-state index contributed by atoms with van der Waals surface area (Å²) in [5, 5.41) is 0. The molecule has 0 aliphatic rings. The highest BCUT2D eigenvalue weighted by Gasteiger charge is 2.16. The van der Waals surface area contributed by atoms with Crippen LogP contribution in [0.25, 0.3) is 0 Å². The topological polar surface area (TPSA) is 12.5 Å². The first-order valence-electron chi connectivity index (χ1n) is 8.46. The number of rotatable bonds is 4. The minimum atomic E-state index is 0.248. The van der Waals surface area contributed by atoms with Gasteiger partial charge < -0.3 is 9.64 Å². The van der Waals surface area contributed by atoms with Gasteiger partial charge in [-0.25, -0.2) is 0 Å². The molecule has 2 nitrogen and oxygen atoms in total. The van der Waals surface area contributed by atoms with Gasteiger partial charge in [0.2, 0.25) is 0 Å². The van der Waals surface area contributed by atoms with Gasteiger partial charge in [-0.3, -0.25) is 0 Å². The van der Waals surface area contributed by atoms with Gasteiger partial charge in [0.25, 0.3) is 0 Å². The third-order valence-electron chi connectivity index (χ3n) is 3.71. The van der Waals surface area contributed by atoms with Gasteiger partial charge in [0.05, 0.1) is 7.11 Å². The number of ether oxygens (including phenoxy) is 1. The third-order valence-corrected chi connectivity index (χ3v) is 3.71. The summed E-state index contributed by atoms with van der Waals surface area (Å²) >= 11 is 0. The number of methoxy groups -OCH3 is 1. The van der Waals surface area contributed by atoms with Crippen molar-refractivity contribution in [1.29, 1.82) is 0 Å². The quantitative estimate of drug-likeness (QED) is 0.619. The lowest BCUT2D eigenvalue weighted by Gasteiger charge is -2.19. The zero-order valence-electron chi connectivity index (χ0n) is 15.5. The van der Waals surface area contributed by atoms with Gasteiger partial charge in [0.1, 0.15) is 5.75 Å². The average molecular weight is 333 g/mol. The molecule has 0 radical (unpaired) electrons. The molecule has 0 spiro atoms. The molecule has 0 aliphatic carbocycles. The van der Waals surface area contributed by atoms with Crippen molar-refractivity contribution in [1.82, 2.24) is 4.90 Å². The predicted molar refractivity (Wildman–Crippen MR) is 106 cm³/mol. The number of nitrogens with zero attached hydrogens (tertiary/aromatic N) is 1. The van der Waals surface area contributed by atoms with Gasteiger partial charge in [-0.1, -0.05) is 72.8 Å². The lowest BCUT2D eigenvalue weighted by molar-refractivity contribution is 0.414. The summed E-state index contributed by atoms with van der Waals surface area (Å²) in [5.74, 6) is 1.14. The molecule has 0 bridgehead atoms. The van der Waals surface area contributed by atoms with Gasteiger partial charge >= 0.3 is 0 Å². The normalized spacial score (nSPS) is 10.3. The summed E-state index contributed by atoms with van der Waals surface area (Å²) < 4.78 is 5.26. The fourth-order valence-electron chi connectivity index (χ4n) is 2.66. The van der Waals surface area contributed by atoms with E-state index in [1.807, 2.05) is 38.2 Å². The van der Waals surface area contributed by atoms with E-state index in [1.54, 1.807) is 7.11 Å². The second kappa shape index (κ2) is 9.65. The molecule has 0 atom stereocenters. The van der Waals surface area contributed by atoms with E-state index in [1.165, 1.54) is 16.7 Å². The van der Waals surface area contributed by atoms with E-state index in [2.05, 4.69) is 72.8 Å². The Hall–Kier alpha value is -2.58. The van der Waals surface area contributed by atoms with Crippen LogP contribution in [0.3, 0.4) is 0 Å². The van der Waals surface area contributed by atoms with Crippen molar-refractivity contribution < 1.29 is 4.74 Å². The van der Waals surface area contributed by atoms with Gasteiger partial charge in [-0.2, -0.15) is 0 Å². The first kappa shape index (κ1) is 18.8. The Kier molecular flexibility index (Phi) is 7.24. The zero-order chi connectivity index (χ0) is 18.1. The zero-order valence-corrected chi connectivity index (χ0v) is 15.5. The molecule has 0 saturated carbocycles. The van der Waals surface area contributed by atoms with Crippen LogP contribution in [0, 0.1) is 0 Å². The van der Waals surface area contributed by atoms with Gasteiger partial charge in [0, 0.05) is 5.92 Å². The summed E-state index contributed by atoms with van der Waals surface area (Å²) in [6.45, 7) is 0. The van der Waals surface area contributed by atoms with E-state index >= 15 is 0 Å². The molecule has 130 valence electrons. The van der Waals surface area contributed by atoms with Gasteiger partial charge in [0.15, 0.2) is 0 Å². The van der Waals surface area contributed by atoms with Crippen molar-refractivity contribution in [2.75, 3.05) is 28.3 Å². The van der Waals surface area contributed by atoms with Crippen molar-refractivity contribution in [3.8, 4) is 5.75 Å². The lowest BCUT2D eigenvalue weighted by atomic mass is 9.85. The Balaban J connectivity index is 0.000000511. The second-order valence-electron chi connectivity index (χ2n) is 6.37. The second-order valence-corrected chi connectivity index (χ2v) is 6.37. The van der Waals surface area contributed by atoms with Crippen LogP contribution >= 0.6 is 0 Å². The van der Waals surface area contributed by atoms with Crippen LogP contribution in [0.2, 0.25) is 0 Å². The maximum absolute atomic E-state index is 5.26. The predicted octanol–water partition coefficient (Wildman–Crippen LogP) is 5.05.